The number of rotatable bonds is 1. The van der Waals surface area contributed by atoms with Crippen LogP contribution in [0.1, 0.15) is 18.4 Å². The molecule has 3 aliphatic heterocycles. The number of fused-ring (bicyclic) bond motifs is 3. The summed E-state index contributed by atoms with van der Waals surface area (Å²) < 4.78 is 27.2. The zero-order valence-electron chi connectivity index (χ0n) is 16.6. The number of aromatic nitrogens is 1. The molecule has 1 aromatic rings. The predicted molar refractivity (Wildman–Crippen MR) is 103 cm³/mol. The van der Waals surface area contributed by atoms with Crippen molar-refractivity contribution in [2.45, 2.75) is 25.3 Å². The number of hydrogen-bond donors (Lipinski definition) is 0. The summed E-state index contributed by atoms with van der Waals surface area (Å²) in [5.41, 5.74) is 2.00. The fraction of sp³-hybridized carbons (Fsp3) is 0.476. The maximum atomic E-state index is 15.8. The van der Waals surface area contributed by atoms with E-state index in [0.29, 0.717) is 43.2 Å². The van der Waals surface area contributed by atoms with Crippen LogP contribution in [0.5, 0.6) is 0 Å². The molecule has 156 valence electrons. The lowest BCUT2D eigenvalue weighted by Gasteiger charge is -2.48. The number of likely N-dealkylation sites (N-methyl/N-ethyl adjacent to an activating group) is 1. The number of carbonyl (C=O) groups is 2. The number of hydrogen-bond acceptors (Lipinski definition) is 8. The van der Waals surface area contributed by atoms with Gasteiger partial charge in [-0.2, -0.15) is 0 Å². The number of Topliss-reactive ketones (excluding diaryl/α,β-unsaturated/α-hetero) is 2. The summed E-state index contributed by atoms with van der Waals surface area (Å²) in [7, 11) is 2.05. The molecule has 0 aromatic carbocycles. The van der Waals surface area contributed by atoms with Crippen LogP contribution in [0, 0.1) is 5.92 Å². The van der Waals surface area contributed by atoms with E-state index in [0.717, 1.165) is 18.7 Å². The van der Waals surface area contributed by atoms with Gasteiger partial charge in [0.15, 0.2) is 17.3 Å². The number of ketones is 2. The highest BCUT2D eigenvalue weighted by molar-refractivity contribution is 6.44. The summed E-state index contributed by atoms with van der Waals surface area (Å²) in [6.07, 6.45) is 4.78. The van der Waals surface area contributed by atoms with Crippen molar-refractivity contribution in [1.82, 2.24) is 15.0 Å². The molecule has 5 aliphatic rings. The van der Waals surface area contributed by atoms with Gasteiger partial charge in [0.05, 0.1) is 17.6 Å². The molecular weight excluding hydrogens is 391 g/mol. The van der Waals surface area contributed by atoms with Crippen LogP contribution in [0.2, 0.25) is 0 Å². The number of ether oxygens (including phenoxy) is 1. The monoisotopic (exact) mass is 412 g/mol. The van der Waals surface area contributed by atoms with Crippen molar-refractivity contribution >= 4 is 17.5 Å². The van der Waals surface area contributed by atoms with E-state index in [1.165, 1.54) is 0 Å². The van der Waals surface area contributed by atoms with Crippen molar-refractivity contribution in [3.8, 4) is 0 Å². The SMILES string of the molecule is CN1CCN(C2=CC3Cc4cnoc4N4C5=C(OC(=C2F)C34)C(=O)C(=O)CC5)CC1. The van der Waals surface area contributed by atoms with E-state index in [9.17, 15) is 9.59 Å². The second kappa shape index (κ2) is 6.28. The van der Waals surface area contributed by atoms with Crippen LogP contribution in [0.25, 0.3) is 0 Å². The number of piperazine rings is 1. The van der Waals surface area contributed by atoms with Crippen LogP contribution in [0.3, 0.4) is 0 Å². The Bertz CT molecular complexity index is 1060. The lowest BCUT2D eigenvalue weighted by molar-refractivity contribution is -0.137. The second-order valence-electron chi connectivity index (χ2n) is 8.49. The molecule has 9 heteroatoms. The van der Waals surface area contributed by atoms with Crippen molar-refractivity contribution in [3.63, 3.8) is 0 Å². The largest absolute Gasteiger partial charge is 0.450 e. The van der Waals surface area contributed by atoms with Gasteiger partial charge in [-0.15, -0.1) is 0 Å². The standard InChI is InChI=1S/C21H21FN4O4/c1-24-4-6-25(7-5-24)14-9-11-8-12-10-23-30-21(12)26-13-2-3-15(27)18(28)19(13)29-20(16(14)22)17(11)26/h9-11,17H,2-8H2,1H3. The minimum absolute atomic E-state index is 0.0529. The van der Waals surface area contributed by atoms with Gasteiger partial charge < -0.3 is 19.1 Å². The lowest BCUT2D eigenvalue weighted by Crippen LogP contribution is -2.53. The first-order valence-electron chi connectivity index (χ1n) is 10.3. The van der Waals surface area contributed by atoms with E-state index < -0.39 is 23.4 Å². The van der Waals surface area contributed by atoms with E-state index in [-0.39, 0.29) is 23.9 Å². The summed E-state index contributed by atoms with van der Waals surface area (Å²) in [6.45, 7) is 3.13. The number of anilines is 1. The van der Waals surface area contributed by atoms with Gasteiger partial charge in [-0.05, 0) is 19.9 Å². The fourth-order valence-corrected chi connectivity index (χ4v) is 5.12. The van der Waals surface area contributed by atoms with Crippen LogP contribution in [-0.2, 0) is 20.7 Å². The Labute approximate surface area is 172 Å². The van der Waals surface area contributed by atoms with Crippen molar-refractivity contribution in [2.75, 3.05) is 38.1 Å². The average Bonchev–Trinajstić information content (AvgIpc) is 3.22. The van der Waals surface area contributed by atoms with Crippen molar-refractivity contribution in [3.05, 3.63) is 46.6 Å². The molecule has 1 aromatic heterocycles. The molecule has 2 unspecified atom stereocenters. The molecule has 0 spiro atoms. The fourth-order valence-electron chi connectivity index (χ4n) is 5.12. The Kier molecular flexibility index (Phi) is 3.74. The summed E-state index contributed by atoms with van der Waals surface area (Å²) in [4.78, 5) is 30.7. The molecule has 0 amide bonds. The lowest BCUT2D eigenvalue weighted by atomic mass is 9.80. The van der Waals surface area contributed by atoms with Crippen LogP contribution >= 0.6 is 0 Å². The quantitative estimate of drug-likeness (QED) is 0.643. The molecule has 8 nitrogen and oxygen atoms in total. The van der Waals surface area contributed by atoms with Gasteiger partial charge in [0, 0.05) is 44.1 Å². The minimum atomic E-state index is -0.700. The second-order valence-corrected chi connectivity index (χ2v) is 8.49. The first kappa shape index (κ1) is 17.9. The minimum Gasteiger partial charge on any atom is -0.450 e. The van der Waals surface area contributed by atoms with Crippen LogP contribution in [-0.4, -0.2) is 65.8 Å². The highest BCUT2D eigenvalue weighted by Crippen LogP contribution is 2.50. The Morgan fingerprint density at radius 2 is 1.97 bits per heavy atom. The Morgan fingerprint density at radius 3 is 2.77 bits per heavy atom. The van der Waals surface area contributed by atoms with E-state index in [1.807, 2.05) is 22.9 Å². The third-order valence-corrected chi connectivity index (χ3v) is 6.72. The summed E-state index contributed by atoms with van der Waals surface area (Å²) in [5, 5.41) is 3.94. The van der Waals surface area contributed by atoms with E-state index in [2.05, 4.69) is 10.1 Å². The molecule has 0 radical (unpaired) electrons. The average molecular weight is 412 g/mol. The van der Waals surface area contributed by atoms with Crippen molar-refractivity contribution in [1.29, 1.82) is 0 Å². The molecule has 0 saturated carbocycles. The van der Waals surface area contributed by atoms with Crippen LogP contribution in [0.15, 0.2) is 45.5 Å². The zero-order chi connectivity index (χ0) is 20.6. The summed E-state index contributed by atoms with van der Waals surface area (Å²) in [6, 6.07) is -0.443. The highest BCUT2D eigenvalue weighted by atomic mass is 19.1. The Hall–Kier alpha value is -2.94. The van der Waals surface area contributed by atoms with Crippen LogP contribution < -0.4 is 4.90 Å². The normalized spacial score (nSPS) is 28.8. The number of nitrogens with zero attached hydrogens (tertiary/aromatic N) is 4. The highest BCUT2D eigenvalue weighted by Gasteiger charge is 2.51. The van der Waals surface area contributed by atoms with Gasteiger partial charge in [-0.1, -0.05) is 11.2 Å². The van der Waals surface area contributed by atoms with Gasteiger partial charge in [0.25, 0.3) is 5.78 Å². The predicted octanol–water partition coefficient (Wildman–Crippen LogP) is 1.52. The number of allylic oxidation sites excluding steroid dienone is 3. The van der Waals surface area contributed by atoms with Gasteiger partial charge in [-0.25, -0.2) is 4.39 Å². The smallest absolute Gasteiger partial charge is 0.265 e. The van der Waals surface area contributed by atoms with Crippen molar-refractivity contribution in [2.24, 2.45) is 5.92 Å². The van der Waals surface area contributed by atoms with Gasteiger partial charge in [-0.3, -0.25) is 14.5 Å². The molecule has 0 N–H and O–H groups in total. The van der Waals surface area contributed by atoms with E-state index in [1.54, 1.807) is 6.20 Å². The van der Waals surface area contributed by atoms with Gasteiger partial charge in [0.2, 0.25) is 11.7 Å². The first-order chi connectivity index (χ1) is 14.5. The van der Waals surface area contributed by atoms with Crippen LogP contribution in [0.4, 0.5) is 10.3 Å². The van der Waals surface area contributed by atoms with Crippen molar-refractivity contribution < 1.29 is 23.2 Å². The molecule has 30 heavy (non-hydrogen) atoms. The molecule has 6 rings (SSSR count). The Balaban J connectivity index is 1.50. The Morgan fingerprint density at radius 1 is 1.17 bits per heavy atom. The molecule has 2 atom stereocenters. The molecule has 0 bridgehead atoms. The molecule has 2 aliphatic carbocycles. The number of halogens is 1. The maximum absolute atomic E-state index is 15.8. The maximum Gasteiger partial charge on any atom is 0.265 e. The molecule has 1 saturated heterocycles. The summed E-state index contributed by atoms with van der Waals surface area (Å²) >= 11 is 0. The number of carbonyl (C=O) groups excluding carboxylic acids is 2. The molecule has 4 heterocycles. The van der Waals surface area contributed by atoms with Gasteiger partial charge >= 0.3 is 0 Å². The molecule has 1 fully saturated rings. The third kappa shape index (κ3) is 2.38. The van der Waals surface area contributed by atoms with E-state index in [4.69, 9.17) is 9.26 Å². The zero-order valence-corrected chi connectivity index (χ0v) is 16.6. The topological polar surface area (TPSA) is 79.1 Å². The molecular formula is C21H21FN4O4. The first-order valence-corrected chi connectivity index (χ1v) is 10.3. The van der Waals surface area contributed by atoms with E-state index >= 15 is 4.39 Å². The third-order valence-electron chi connectivity index (χ3n) is 6.72. The summed E-state index contributed by atoms with van der Waals surface area (Å²) in [5.74, 6) is -1.19. The van der Waals surface area contributed by atoms with Gasteiger partial charge in [0.1, 0.15) is 6.04 Å².